The SMILES string of the molecule is NCCCCCC(=O)NCCNC(=O)c1cc2ccc(NC(=O)C3=CC4C[C@H](C(=O)NCCNC(=O)[C@@H](N)CCCCN)CCC4N3)cc2[nH]1. The van der Waals surface area contributed by atoms with Gasteiger partial charge in [-0.05, 0) is 76.2 Å². The zero-order valence-electron chi connectivity index (χ0n) is 28.8. The number of fused-ring (bicyclic) bond motifs is 2. The lowest BCUT2D eigenvalue weighted by atomic mass is 9.79. The number of amides is 5. The minimum Gasteiger partial charge on any atom is -0.378 e. The third-order valence-corrected chi connectivity index (χ3v) is 9.23. The van der Waals surface area contributed by atoms with E-state index in [1.54, 1.807) is 18.2 Å². The number of carbonyl (C=O) groups excluding carboxylic acids is 5. The van der Waals surface area contributed by atoms with Crippen LogP contribution in [0.4, 0.5) is 5.69 Å². The van der Waals surface area contributed by atoms with Gasteiger partial charge in [0.15, 0.2) is 0 Å². The Morgan fingerprint density at radius 3 is 2.36 bits per heavy atom. The number of aromatic nitrogens is 1. The maximum absolute atomic E-state index is 13.2. The highest BCUT2D eigenvalue weighted by Gasteiger charge is 2.37. The highest BCUT2D eigenvalue weighted by Crippen LogP contribution is 2.35. The van der Waals surface area contributed by atoms with Crippen LogP contribution in [0.2, 0.25) is 0 Å². The van der Waals surface area contributed by atoms with Crippen molar-refractivity contribution in [1.82, 2.24) is 31.6 Å². The quantitative estimate of drug-likeness (QED) is 0.0862. The van der Waals surface area contributed by atoms with Crippen molar-refractivity contribution in [3.8, 4) is 0 Å². The van der Waals surface area contributed by atoms with Crippen molar-refractivity contribution in [2.45, 2.75) is 76.3 Å². The lowest BCUT2D eigenvalue weighted by Crippen LogP contribution is -2.45. The van der Waals surface area contributed by atoms with Gasteiger partial charge in [-0.1, -0.05) is 25.0 Å². The molecule has 1 aliphatic heterocycles. The van der Waals surface area contributed by atoms with Crippen LogP contribution in [0.1, 0.15) is 74.7 Å². The van der Waals surface area contributed by atoms with E-state index in [-0.39, 0.29) is 47.4 Å². The Morgan fingerprint density at radius 2 is 1.56 bits per heavy atom. The van der Waals surface area contributed by atoms with Crippen LogP contribution >= 0.6 is 0 Å². The molecule has 5 amide bonds. The summed E-state index contributed by atoms with van der Waals surface area (Å²) >= 11 is 0. The van der Waals surface area contributed by atoms with E-state index in [1.807, 2.05) is 12.1 Å². The fourth-order valence-corrected chi connectivity index (χ4v) is 6.39. The number of H-pyrrole nitrogens is 1. The van der Waals surface area contributed by atoms with Gasteiger partial charge in [0.2, 0.25) is 17.7 Å². The van der Waals surface area contributed by atoms with Gasteiger partial charge in [-0.25, -0.2) is 0 Å². The Balaban J connectivity index is 1.18. The van der Waals surface area contributed by atoms with Crippen molar-refractivity contribution in [2.75, 3.05) is 44.6 Å². The molecule has 274 valence electrons. The van der Waals surface area contributed by atoms with Crippen LogP contribution in [0.15, 0.2) is 36.0 Å². The molecular weight excluding hydrogens is 640 g/mol. The molecule has 2 aromatic rings. The second-order valence-corrected chi connectivity index (χ2v) is 13.1. The molecule has 0 saturated heterocycles. The van der Waals surface area contributed by atoms with Gasteiger partial charge in [-0.3, -0.25) is 24.0 Å². The third-order valence-electron chi connectivity index (χ3n) is 9.23. The fourth-order valence-electron chi connectivity index (χ4n) is 6.39. The minimum absolute atomic E-state index is 0.0439. The molecule has 1 aromatic carbocycles. The summed E-state index contributed by atoms with van der Waals surface area (Å²) < 4.78 is 0. The lowest BCUT2D eigenvalue weighted by molar-refractivity contribution is -0.127. The van der Waals surface area contributed by atoms with E-state index in [0.29, 0.717) is 87.5 Å². The summed E-state index contributed by atoms with van der Waals surface area (Å²) in [4.78, 5) is 65.8. The van der Waals surface area contributed by atoms with E-state index >= 15 is 0 Å². The number of aromatic amines is 1. The summed E-state index contributed by atoms with van der Waals surface area (Å²) in [5.41, 5.74) is 19.0. The molecule has 2 heterocycles. The molecule has 1 aromatic heterocycles. The topological polar surface area (TPSA) is 251 Å². The maximum Gasteiger partial charge on any atom is 0.271 e. The molecule has 13 N–H and O–H groups in total. The van der Waals surface area contributed by atoms with Gasteiger partial charge in [0.05, 0.1) is 11.7 Å². The van der Waals surface area contributed by atoms with E-state index in [2.05, 4.69) is 36.9 Å². The van der Waals surface area contributed by atoms with Crippen LogP contribution in [0, 0.1) is 11.8 Å². The standard InChI is InChI=1S/C35H54N10O5/c36-12-4-1-2-7-31(46)39-14-15-42-34(49)29-19-22-8-10-25(21-28(22)45-29)43-35(50)30-20-24-18-23(9-11-27(24)44-30)32(47)40-16-17-41-33(48)26(38)6-3-5-13-37/h8,10,19-21,23-24,26-27,44-45H,1-7,9,11-18,36-38H2,(H,39,46)(H,40,47)(H,41,48)(H,42,49)(H,43,50)/t23-,24?,26+,27?/m1/s1. The third kappa shape index (κ3) is 11.6. The molecular formula is C35H54N10O5. The van der Waals surface area contributed by atoms with Crippen LogP contribution in [-0.2, 0) is 19.2 Å². The highest BCUT2D eigenvalue weighted by molar-refractivity contribution is 6.05. The van der Waals surface area contributed by atoms with Crippen LogP contribution in [-0.4, -0.2) is 85.9 Å². The number of nitrogens with two attached hydrogens (primary N) is 3. The summed E-state index contributed by atoms with van der Waals surface area (Å²) in [7, 11) is 0. The van der Waals surface area contributed by atoms with E-state index in [4.69, 9.17) is 17.2 Å². The second kappa shape index (κ2) is 19.6. The first-order valence-corrected chi connectivity index (χ1v) is 17.9. The monoisotopic (exact) mass is 694 g/mol. The van der Waals surface area contributed by atoms with Gasteiger partial charge in [0.1, 0.15) is 5.69 Å². The molecule has 1 aliphatic carbocycles. The van der Waals surface area contributed by atoms with Crippen molar-refractivity contribution in [1.29, 1.82) is 0 Å². The van der Waals surface area contributed by atoms with Crippen molar-refractivity contribution in [3.05, 3.63) is 41.7 Å². The van der Waals surface area contributed by atoms with E-state index in [0.717, 1.165) is 43.9 Å². The zero-order chi connectivity index (χ0) is 35.9. The van der Waals surface area contributed by atoms with Gasteiger partial charge < -0.3 is 54.1 Å². The summed E-state index contributed by atoms with van der Waals surface area (Å²) in [6.07, 6.45) is 9.25. The molecule has 2 aliphatic rings. The van der Waals surface area contributed by atoms with Crippen LogP contribution in [0.25, 0.3) is 10.9 Å². The van der Waals surface area contributed by atoms with Gasteiger partial charge in [-0.2, -0.15) is 0 Å². The molecule has 0 bridgehead atoms. The molecule has 4 rings (SSSR count). The Bertz CT molecular complexity index is 1510. The highest BCUT2D eigenvalue weighted by atomic mass is 16.2. The molecule has 1 saturated carbocycles. The minimum atomic E-state index is -0.580. The molecule has 15 heteroatoms. The molecule has 1 fully saturated rings. The summed E-state index contributed by atoms with van der Waals surface area (Å²) in [6.45, 7) is 2.46. The summed E-state index contributed by atoms with van der Waals surface area (Å²) in [6, 6.07) is 6.62. The number of rotatable bonds is 20. The normalized spacial score (nSPS) is 18.7. The van der Waals surface area contributed by atoms with E-state index in [1.165, 1.54) is 0 Å². The molecule has 0 radical (unpaired) electrons. The van der Waals surface area contributed by atoms with Crippen LogP contribution in [0.5, 0.6) is 0 Å². The Morgan fingerprint density at radius 1 is 0.820 bits per heavy atom. The van der Waals surface area contributed by atoms with Gasteiger partial charge in [0.25, 0.3) is 11.8 Å². The smallest absolute Gasteiger partial charge is 0.271 e. The average Bonchev–Trinajstić information content (AvgIpc) is 3.74. The number of hydrogen-bond acceptors (Lipinski definition) is 9. The lowest BCUT2D eigenvalue weighted by Gasteiger charge is -2.30. The van der Waals surface area contributed by atoms with Crippen molar-refractivity contribution in [3.63, 3.8) is 0 Å². The van der Waals surface area contributed by atoms with Crippen LogP contribution in [0.3, 0.4) is 0 Å². The van der Waals surface area contributed by atoms with Crippen molar-refractivity contribution < 1.29 is 24.0 Å². The molecule has 2 unspecified atom stereocenters. The maximum atomic E-state index is 13.2. The number of unbranched alkanes of at least 4 members (excludes halogenated alkanes) is 3. The second-order valence-electron chi connectivity index (χ2n) is 13.1. The first-order chi connectivity index (χ1) is 24.2. The number of nitrogens with one attached hydrogen (secondary N) is 7. The average molecular weight is 695 g/mol. The van der Waals surface area contributed by atoms with Crippen molar-refractivity contribution >= 4 is 46.1 Å². The molecule has 0 spiro atoms. The van der Waals surface area contributed by atoms with E-state index < -0.39 is 6.04 Å². The predicted molar refractivity (Wildman–Crippen MR) is 193 cm³/mol. The number of hydrogen-bond donors (Lipinski definition) is 10. The van der Waals surface area contributed by atoms with Gasteiger partial charge >= 0.3 is 0 Å². The Hall–Kier alpha value is -4.47. The zero-order valence-corrected chi connectivity index (χ0v) is 28.8. The van der Waals surface area contributed by atoms with Gasteiger partial charge in [0, 0.05) is 67.1 Å². The van der Waals surface area contributed by atoms with E-state index in [9.17, 15) is 24.0 Å². The molecule has 15 nitrogen and oxygen atoms in total. The molecule has 4 atom stereocenters. The number of carbonyl (C=O) groups is 5. The predicted octanol–water partition coefficient (Wildman–Crippen LogP) is 0.432. The summed E-state index contributed by atoms with van der Waals surface area (Å²) in [5, 5.41) is 18.4. The largest absolute Gasteiger partial charge is 0.378 e. The number of anilines is 1. The Kier molecular flexibility index (Phi) is 15.1. The first kappa shape index (κ1) is 38.3. The van der Waals surface area contributed by atoms with Crippen molar-refractivity contribution in [2.24, 2.45) is 29.0 Å². The number of benzene rings is 1. The Labute approximate surface area is 293 Å². The summed E-state index contributed by atoms with van der Waals surface area (Å²) in [5.74, 6) is -1.03. The van der Waals surface area contributed by atoms with Gasteiger partial charge in [-0.15, -0.1) is 0 Å². The van der Waals surface area contributed by atoms with Crippen LogP contribution < -0.4 is 49.1 Å². The first-order valence-electron chi connectivity index (χ1n) is 17.9. The molecule has 50 heavy (non-hydrogen) atoms. The fraction of sp³-hybridized carbons (Fsp3) is 0.571.